The Hall–Kier alpha value is -2.00. The van der Waals surface area contributed by atoms with Gasteiger partial charge in [0.15, 0.2) is 11.6 Å². The zero-order valence-corrected chi connectivity index (χ0v) is 14.9. The van der Waals surface area contributed by atoms with Crippen molar-refractivity contribution in [3.63, 3.8) is 0 Å². The van der Waals surface area contributed by atoms with E-state index in [9.17, 15) is 13.6 Å². The molecule has 2 fully saturated rings. The third-order valence-electron chi connectivity index (χ3n) is 5.17. The number of benzene rings is 1. The molecule has 1 saturated heterocycles. The number of aryl methyl sites for hydroxylation is 1. The van der Waals surface area contributed by atoms with E-state index in [1.54, 1.807) is 11.0 Å². The summed E-state index contributed by atoms with van der Waals surface area (Å²) >= 11 is 0. The lowest BCUT2D eigenvalue weighted by Crippen LogP contribution is -2.43. The molecule has 1 aliphatic heterocycles. The normalized spacial score (nSPS) is 19.8. The molecule has 26 heavy (non-hydrogen) atoms. The summed E-state index contributed by atoms with van der Waals surface area (Å²) in [6.07, 6.45) is 5.19. The van der Waals surface area contributed by atoms with E-state index in [2.05, 4.69) is 11.4 Å². The maximum Gasteiger partial charge on any atom is 0.227 e. The largest absolute Gasteiger partial charge is 0.335 e. The molecule has 1 amide bonds. The van der Waals surface area contributed by atoms with Crippen molar-refractivity contribution < 1.29 is 13.6 Å². The van der Waals surface area contributed by atoms with Crippen molar-refractivity contribution >= 4 is 5.91 Å². The van der Waals surface area contributed by atoms with Crippen molar-refractivity contribution in [2.24, 2.45) is 5.92 Å². The molecule has 4 nitrogen and oxygen atoms in total. The topological polar surface area (TPSA) is 56.1 Å². The summed E-state index contributed by atoms with van der Waals surface area (Å²) in [4.78, 5) is 14.7. The molecule has 1 unspecified atom stereocenters. The van der Waals surface area contributed by atoms with Crippen LogP contribution in [-0.4, -0.2) is 29.9 Å². The number of hydrogen-bond acceptors (Lipinski definition) is 3. The first-order valence-corrected chi connectivity index (χ1v) is 9.45. The van der Waals surface area contributed by atoms with Crippen LogP contribution in [0.1, 0.15) is 49.7 Å². The molecule has 0 radical (unpaired) electrons. The van der Waals surface area contributed by atoms with E-state index in [4.69, 9.17) is 5.26 Å². The highest BCUT2D eigenvalue weighted by Gasteiger charge is 2.36. The van der Waals surface area contributed by atoms with Crippen molar-refractivity contribution in [2.45, 2.75) is 57.5 Å². The molecular formula is C20H25F2N3O. The zero-order chi connectivity index (χ0) is 18.5. The van der Waals surface area contributed by atoms with Gasteiger partial charge in [-0.25, -0.2) is 8.78 Å². The van der Waals surface area contributed by atoms with Crippen LogP contribution in [0.5, 0.6) is 0 Å². The first-order chi connectivity index (χ1) is 12.6. The highest BCUT2D eigenvalue weighted by atomic mass is 19.2. The minimum Gasteiger partial charge on any atom is -0.335 e. The third-order valence-corrected chi connectivity index (χ3v) is 5.17. The molecule has 1 saturated carbocycles. The summed E-state index contributed by atoms with van der Waals surface area (Å²) in [6.45, 7) is 1.71. The van der Waals surface area contributed by atoms with Gasteiger partial charge in [-0.2, -0.15) is 5.26 Å². The van der Waals surface area contributed by atoms with E-state index in [-0.39, 0.29) is 30.0 Å². The Morgan fingerprint density at radius 2 is 2.12 bits per heavy atom. The molecule has 6 heteroatoms. The van der Waals surface area contributed by atoms with Crippen molar-refractivity contribution in [1.29, 1.82) is 5.26 Å². The fourth-order valence-electron chi connectivity index (χ4n) is 3.59. The number of rotatable bonds is 7. The summed E-state index contributed by atoms with van der Waals surface area (Å²) < 4.78 is 28.4. The monoisotopic (exact) mass is 361 g/mol. The van der Waals surface area contributed by atoms with Gasteiger partial charge in [0.2, 0.25) is 5.91 Å². The lowest BCUT2D eigenvalue weighted by molar-refractivity contribution is -0.137. The number of amides is 1. The molecule has 140 valence electrons. The van der Waals surface area contributed by atoms with Gasteiger partial charge in [0.1, 0.15) is 0 Å². The van der Waals surface area contributed by atoms with E-state index < -0.39 is 11.6 Å². The average molecular weight is 361 g/mol. The summed E-state index contributed by atoms with van der Waals surface area (Å²) in [5.41, 5.74) is 0.914. The zero-order valence-electron chi connectivity index (χ0n) is 14.9. The maximum atomic E-state index is 14.3. The second-order valence-corrected chi connectivity index (χ2v) is 7.30. The molecule has 0 aromatic heterocycles. The Morgan fingerprint density at radius 1 is 1.31 bits per heavy atom. The van der Waals surface area contributed by atoms with Gasteiger partial charge in [0.05, 0.1) is 12.0 Å². The molecule has 0 spiro atoms. The Morgan fingerprint density at radius 3 is 2.77 bits per heavy atom. The Kier molecular flexibility index (Phi) is 6.20. The van der Waals surface area contributed by atoms with Crippen LogP contribution in [0.15, 0.2) is 12.1 Å². The second kappa shape index (κ2) is 8.59. The number of hydrogen-bond donors (Lipinski definition) is 1. The standard InChI is InChI=1S/C20H25F2N3O/c21-18-11-14(4-1-2-8-23)10-16(19(18)22)13-25(17-6-7-17)20(26)15-5-3-9-24-12-15/h10-11,15,17,24H,1-7,9,12-13H2. The van der Waals surface area contributed by atoms with Crippen LogP contribution in [0.4, 0.5) is 8.78 Å². The quantitative estimate of drug-likeness (QED) is 0.758. The molecule has 1 atom stereocenters. The smallest absolute Gasteiger partial charge is 0.227 e. The average Bonchev–Trinajstić information content (AvgIpc) is 3.48. The molecule has 1 heterocycles. The van der Waals surface area contributed by atoms with Crippen molar-refractivity contribution in [3.05, 3.63) is 34.9 Å². The number of nitrogens with one attached hydrogen (secondary N) is 1. The maximum absolute atomic E-state index is 14.3. The number of unbranched alkanes of at least 4 members (excludes halogenated alkanes) is 1. The summed E-state index contributed by atoms with van der Waals surface area (Å²) in [5.74, 6) is -1.77. The number of nitriles is 1. The van der Waals surface area contributed by atoms with Crippen LogP contribution in [0.3, 0.4) is 0 Å². The van der Waals surface area contributed by atoms with Crippen LogP contribution >= 0.6 is 0 Å². The number of carbonyl (C=O) groups excluding carboxylic acids is 1. The van der Waals surface area contributed by atoms with Crippen LogP contribution in [0.2, 0.25) is 0 Å². The highest BCUT2D eigenvalue weighted by Crippen LogP contribution is 2.31. The van der Waals surface area contributed by atoms with E-state index in [0.29, 0.717) is 31.4 Å². The molecule has 2 aliphatic rings. The molecule has 1 aromatic rings. The Bertz CT molecular complexity index is 691. The van der Waals surface area contributed by atoms with Gasteiger partial charge >= 0.3 is 0 Å². The molecule has 1 aliphatic carbocycles. The van der Waals surface area contributed by atoms with Crippen molar-refractivity contribution in [3.8, 4) is 6.07 Å². The number of piperidine rings is 1. The predicted octanol–water partition coefficient (Wildman–Crippen LogP) is 3.30. The van der Waals surface area contributed by atoms with Gasteiger partial charge in [-0.15, -0.1) is 0 Å². The minimum atomic E-state index is -0.878. The molecule has 0 bridgehead atoms. The predicted molar refractivity (Wildman–Crippen MR) is 94.1 cm³/mol. The summed E-state index contributed by atoms with van der Waals surface area (Å²) in [6, 6.07) is 5.06. The van der Waals surface area contributed by atoms with Gasteiger partial charge < -0.3 is 10.2 Å². The number of nitrogens with zero attached hydrogens (tertiary/aromatic N) is 2. The molecule has 1 aromatic carbocycles. The SMILES string of the molecule is N#CCCCc1cc(F)c(F)c(CN(C(=O)C2CCCNC2)C2CC2)c1. The van der Waals surface area contributed by atoms with Crippen molar-refractivity contribution in [2.75, 3.05) is 13.1 Å². The van der Waals surface area contributed by atoms with Gasteiger partial charge in [0.25, 0.3) is 0 Å². The minimum absolute atomic E-state index is 0.0504. The van der Waals surface area contributed by atoms with E-state index >= 15 is 0 Å². The fourth-order valence-corrected chi connectivity index (χ4v) is 3.59. The lowest BCUT2D eigenvalue weighted by Gasteiger charge is -2.30. The molecule has 1 N–H and O–H groups in total. The highest BCUT2D eigenvalue weighted by molar-refractivity contribution is 5.80. The summed E-state index contributed by atoms with van der Waals surface area (Å²) in [7, 11) is 0. The second-order valence-electron chi connectivity index (χ2n) is 7.30. The first-order valence-electron chi connectivity index (χ1n) is 9.45. The van der Waals surface area contributed by atoms with Gasteiger partial charge in [-0.1, -0.05) is 6.07 Å². The van der Waals surface area contributed by atoms with Crippen LogP contribution in [-0.2, 0) is 17.8 Å². The van der Waals surface area contributed by atoms with Gasteiger partial charge in [0, 0.05) is 31.1 Å². The number of carbonyl (C=O) groups is 1. The van der Waals surface area contributed by atoms with Gasteiger partial charge in [-0.3, -0.25) is 4.79 Å². The van der Waals surface area contributed by atoms with Crippen molar-refractivity contribution in [1.82, 2.24) is 10.2 Å². The Balaban J connectivity index is 1.75. The van der Waals surface area contributed by atoms with Crippen LogP contribution in [0, 0.1) is 28.9 Å². The van der Waals surface area contributed by atoms with Crippen LogP contribution < -0.4 is 5.32 Å². The van der Waals surface area contributed by atoms with E-state index in [0.717, 1.165) is 32.2 Å². The first kappa shape index (κ1) is 18.8. The van der Waals surface area contributed by atoms with Crippen LogP contribution in [0.25, 0.3) is 0 Å². The van der Waals surface area contributed by atoms with E-state index in [1.165, 1.54) is 6.07 Å². The van der Waals surface area contributed by atoms with Gasteiger partial charge in [-0.05, 0) is 56.7 Å². The number of halogens is 2. The fraction of sp³-hybridized carbons (Fsp3) is 0.600. The molecular weight excluding hydrogens is 336 g/mol. The van der Waals surface area contributed by atoms with E-state index in [1.807, 2.05) is 0 Å². The Labute approximate surface area is 153 Å². The lowest BCUT2D eigenvalue weighted by atomic mass is 9.97. The summed E-state index contributed by atoms with van der Waals surface area (Å²) in [5, 5.41) is 11.9. The third kappa shape index (κ3) is 4.59. The molecule has 3 rings (SSSR count).